The summed E-state index contributed by atoms with van der Waals surface area (Å²) >= 11 is 0. The first kappa shape index (κ1) is 95.1. The normalized spacial score (nSPS) is 13.8. The fourth-order valence-corrected chi connectivity index (χ4v) is 16.8. The topological polar surface area (TPSA) is 246 Å². The predicted octanol–water partition coefficient (Wildman–Crippen LogP) is 17.7. The molecule has 5 amide bonds. The van der Waals surface area contributed by atoms with Crippen LogP contribution in [0.3, 0.4) is 0 Å². The number of nitrogens with zero attached hydrogens (tertiary/aromatic N) is 10. The molecule has 22 heteroatoms. The predicted molar refractivity (Wildman–Crippen MR) is 492 cm³/mol. The van der Waals surface area contributed by atoms with Crippen molar-refractivity contribution in [3.05, 3.63) is 296 Å². The van der Waals surface area contributed by atoms with E-state index in [9.17, 15) is 38.4 Å². The van der Waals surface area contributed by atoms with Gasteiger partial charge in [-0.05, 0) is 205 Å². The molecular weight excluding hydrogens is 1550 g/mol. The lowest BCUT2D eigenvalue weighted by atomic mass is 9.91. The number of hydrogen-bond donors (Lipinski definition) is 2. The van der Waals surface area contributed by atoms with Crippen LogP contribution in [0.1, 0.15) is 275 Å². The third-order valence-electron chi connectivity index (χ3n) is 23.0. The van der Waals surface area contributed by atoms with Crippen LogP contribution in [0, 0.1) is 38.5 Å². The van der Waals surface area contributed by atoms with Gasteiger partial charge in [0.25, 0.3) is 34.4 Å². The molecule has 0 saturated carbocycles. The van der Waals surface area contributed by atoms with Gasteiger partial charge in [-0.15, -0.1) is 0 Å². The van der Waals surface area contributed by atoms with Crippen molar-refractivity contribution < 1.29 is 33.4 Å². The van der Waals surface area contributed by atoms with E-state index in [1.165, 1.54) is 0 Å². The largest absolute Gasteiger partial charge is 0.444 e. The summed E-state index contributed by atoms with van der Waals surface area (Å²) in [5.41, 5.74) is 11.2. The molecule has 3 aromatic heterocycles. The number of alkyl carbamates (subject to hydrolysis) is 1. The lowest BCUT2D eigenvalue weighted by Gasteiger charge is -2.36. The highest BCUT2D eigenvalue weighted by Crippen LogP contribution is 2.37. The van der Waals surface area contributed by atoms with Crippen LogP contribution in [0.2, 0.25) is 0 Å². The van der Waals surface area contributed by atoms with Crippen molar-refractivity contribution >= 4 is 29.9 Å². The van der Waals surface area contributed by atoms with Crippen molar-refractivity contribution in [2.75, 3.05) is 53.4 Å². The van der Waals surface area contributed by atoms with Crippen LogP contribution in [-0.4, -0.2) is 143 Å². The van der Waals surface area contributed by atoms with Crippen LogP contribution in [0.4, 0.5) is 9.59 Å². The summed E-state index contributed by atoms with van der Waals surface area (Å²) in [6, 6.07) is 51.8. The molecule has 0 radical (unpaired) electrons. The van der Waals surface area contributed by atoms with Crippen LogP contribution in [0.25, 0.3) is 0 Å². The molecule has 22 nitrogen and oxygen atoms in total. The molecule has 0 spiro atoms. The molecule has 12 rings (SSSR count). The Morgan fingerprint density at radius 2 is 0.702 bits per heavy atom. The van der Waals surface area contributed by atoms with Gasteiger partial charge in [0.15, 0.2) is 0 Å². The average Bonchev–Trinajstić information content (AvgIpc) is 0.771. The van der Waals surface area contributed by atoms with Gasteiger partial charge < -0.3 is 39.7 Å². The third-order valence-corrected chi connectivity index (χ3v) is 23.0. The van der Waals surface area contributed by atoms with Crippen molar-refractivity contribution in [2.45, 2.75) is 249 Å². The summed E-state index contributed by atoms with van der Waals surface area (Å²) in [6.07, 6.45) is 10.6. The zero-order chi connectivity index (χ0) is 89.5. The zero-order valence-electron chi connectivity index (χ0n) is 76.6. The highest BCUT2D eigenvalue weighted by atomic mass is 16.6. The van der Waals surface area contributed by atoms with E-state index in [4.69, 9.17) is 24.4 Å². The Hall–Kier alpha value is -11.1. The van der Waals surface area contributed by atoms with E-state index in [0.717, 1.165) is 127 Å². The molecule has 0 saturated heterocycles. The second-order valence-electron chi connectivity index (χ2n) is 36.6. The van der Waals surface area contributed by atoms with Crippen molar-refractivity contribution in [2.24, 2.45) is 17.8 Å². The number of carbonyl (C=O) groups excluding carboxylic acids is 5. The van der Waals surface area contributed by atoms with E-state index < -0.39 is 35.5 Å². The molecule has 3 unspecified atom stereocenters. The third kappa shape index (κ3) is 25.8. The molecule has 2 N–H and O–H groups in total. The maximum absolute atomic E-state index is 14.3. The Kier molecular flexibility index (Phi) is 34.1. The summed E-state index contributed by atoms with van der Waals surface area (Å²) < 4.78 is 16.5. The Morgan fingerprint density at radius 3 is 0.992 bits per heavy atom. The number of benzene rings is 6. The van der Waals surface area contributed by atoms with E-state index in [0.29, 0.717) is 129 Å². The van der Waals surface area contributed by atoms with Crippen molar-refractivity contribution in [3.8, 4) is 0 Å². The number of nitrogens with one attached hydrogen (secondary N) is 2. The van der Waals surface area contributed by atoms with Crippen molar-refractivity contribution in [1.82, 2.24) is 58.9 Å². The number of fused-ring (bicyclic) bond motifs is 3. The van der Waals surface area contributed by atoms with Gasteiger partial charge in [-0.25, -0.2) is 24.5 Å². The smallest absolute Gasteiger partial charge is 0.410 e. The van der Waals surface area contributed by atoms with Gasteiger partial charge in [0, 0.05) is 131 Å². The van der Waals surface area contributed by atoms with E-state index in [1.807, 2.05) is 249 Å². The lowest BCUT2D eigenvalue weighted by Crippen LogP contribution is -2.43. The van der Waals surface area contributed by atoms with Gasteiger partial charge in [0.2, 0.25) is 0 Å². The van der Waals surface area contributed by atoms with Gasteiger partial charge in [-0.2, -0.15) is 0 Å². The van der Waals surface area contributed by atoms with Crippen LogP contribution >= 0.6 is 0 Å². The van der Waals surface area contributed by atoms with E-state index in [1.54, 1.807) is 11.9 Å². The molecule has 6 aromatic carbocycles. The van der Waals surface area contributed by atoms with Gasteiger partial charge in [-0.3, -0.25) is 42.5 Å². The molecule has 3 aliphatic rings. The van der Waals surface area contributed by atoms with E-state index in [-0.39, 0.29) is 58.2 Å². The second kappa shape index (κ2) is 44.5. The standard InChI is InChI=1S/C36H48N4O4.C35H46N4O4.C31H40N4O2/c1-25(2)32(31-29(24-27-14-9-8-10-15-27)34(42)39-22-12-11-16-30(39)37-31)40(33(41)28-19-17-26(3)18-20-28)23-13-21-38(7)35(43)44-36(4,5)6;1-24(2)31(30-28(23-26-13-8-7-9-14-26)33(41)38-21-11-10-15-29(38)37-30)39(32(40)27-18-16-25(3)17-19-27)22-12-20-36-34(42)43-35(4,5)6;1-22(2)29(35(20-10-18-32-4)30(36)25-16-14-23(3)15-17-25)28-26(21-24-11-6-5-7-12-24)31(37)34-19-9-8-13-27(34)33-28/h8-10,14-15,17-20,25,32H,11-13,16,21-24H2,1-7H3;7-9,13-14,16-19,24,31H,10-12,15,20-23H2,1-6H3,(H,36,42);5-7,11-12,14-17,22,29,32H,8-10,13,18-21H2,1-4H3. The zero-order valence-corrected chi connectivity index (χ0v) is 76.6. The minimum absolute atomic E-state index is 0.00778. The Balaban J connectivity index is 0.000000195. The maximum Gasteiger partial charge on any atom is 0.410 e. The van der Waals surface area contributed by atoms with Gasteiger partial charge in [-0.1, -0.05) is 186 Å². The molecule has 0 bridgehead atoms. The molecule has 662 valence electrons. The van der Waals surface area contributed by atoms with Gasteiger partial charge >= 0.3 is 12.2 Å². The molecule has 3 atom stereocenters. The first-order chi connectivity index (χ1) is 59.2. The van der Waals surface area contributed by atoms with Crippen molar-refractivity contribution in [1.29, 1.82) is 0 Å². The monoisotopic (exact) mass is 1690 g/mol. The Labute approximate surface area is 734 Å². The van der Waals surface area contributed by atoms with E-state index in [2.05, 4.69) is 64.3 Å². The molecule has 9 aromatic rings. The van der Waals surface area contributed by atoms with Crippen LogP contribution < -0.4 is 27.3 Å². The van der Waals surface area contributed by atoms with Gasteiger partial charge in [0.05, 0.1) is 35.2 Å². The summed E-state index contributed by atoms with van der Waals surface area (Å²) in [6.45, 7) is 34.5. The SMILES string of the molecule is CNCCCN(C(=O)c1ccc(C)cc1)C(c1nc2n(c(=O)c1Cc1ccccc1)CCCC2)C(C)C.Cc1ccc(C(=O)N(CCCN(C)C(=O)OC(C)(C)C)C(c2nc3n(c(=O)c2Cc2ccccc2)CCCC3)C(C)C)cc1.Cc1ccc(C(=O)N(CCCNC(=O)OC(C)(C)C)C(c2nc3n(c(=O)c2Cc2ccccc2)CCCC3)C(C)C)cc1. The number of rotatable bonds is 30. The lowest BCUT2D eigenvalue weighted by molar-refractivity contribution is 0.0287. The minimum atomic E-state index is -0.596. The number of hydrogen-bond acceptors (Lipinski definition) is 14. The number of aromatic nitrogens is 6. The highest BCUT2D eigenvalue weighted by Gasteiger charge is 2.39. The Bertz CT molecular complexity index is 5230. The second-order valence-corrected chi connectivity index (χ2v) is 36.6. The van der Waals surface area contributed by atoms with Crippen LogP contribution in [0.5, 0.6) is 0 Å². The molecular formula is C102H134N12O10. The number of aryl methyl sites for hydroxylation is 6. The summed E-state index contributed by atoms with van der Waals surface area (Å²) in [7, 11) is 3.64. The highest BCUT2D eigenvalue weighted by molar-refractivity contribution is 5.96. The van der Waals surface area contributed by atoms with Crippen LogP contribution in [-0.2, 0) is 67.6 Å². The maximum atomic E-state index is 14.3. The van der Waals surface area contributed by atoms with E-state index >= 15 is 0 Å². The van der Waals surface area contributed by atoms with Gasteiger partial charge in [0.1, 0.15) is 28.7 Å². The van der Waals surface area contributed by atoms with Crippen LogP contribution in [0.15, 0.2) is 178 Å². The number of ether oxygens (including phenoxy) is 2. The molecule has 0 fully saturated rings. The first-order valence-corrected chi connectivity index (χ1v) is 44.9. The summed E-state index contributed by atoms with van der Waals surface area (Å²) in [5, 5.41) is 6.02. The Morgan fingerprint density at radius 1 is 0.403 bits per heavy atom. The molecule has 3 aliphatic heterocycles. The summed E-state index contributed by atoms with van der Waals surface area (Å²) in [4.78, 5) is 132. The number of amides is 5. The quantitative estimate of drug-likeness (QED) is 0.0398. The molecule has 6 heterocycles. The average molecular weight is 1690 g/mol. The fourth-order valence-electron chi connectivity index (χ4n) is 16.8. The molecule has 0 aliphatic carbocycles. The minimum Gasteiger partial charge on any atom is -0.444 e. The fraction of sp³-hybridized carbons (Fsp3) is 0.480. The number of carbonyl (C=O) groups is 5. The first-order valence-electron chi connectivity index (χ1n) is 44.9. The van der Waals surface area contributed by atoms with Crippen molar-refractivity contribution in [3.63, 3.8) is 0 Å². The summed E-state index contributed by atoms with van der Waals surface area (Å²) in [5.74, 6) is 2.22. The molecule has 124 heavy (non-hydrogen) atoms.